The van der Waals surface area contributed by atoms with Crippen molar-refractivity contribution in [1.82, 2.24) is 0 Å². The van der Waals surface area contributed by atoms with Gasteiger partial charge in [-0.2, -0.15) is 0 Å². The van der Waals surface area contributed by atoms with Gasteiger partial charge in [-0.15, -0.1) is 0 Å². The average Bonchev–Trinajstić information content (AvgIpc) is 2.28. The van der Waals surface area contributed by atoms with Crippen LogP contribution in [0.2, 0.25) is 0 Å². The van der Waals surface area contributed by atoms with Gasteiger partial charge < -0.3 is 14.2 Å². The van der Waals surface area contributed by atoms with Crippen molar-refractivity contribution in [3.63, 3.8) is 0 Å². The molecular formula is C12H24O4. The van der Waals surface area contributed by atoms with E-state index < -0.39 is 6.16 Å². The van der Waals surface area contributed by atoms with Crippen LogP contribution in [0.5, 0.6) is 0 Å². The summed E-state index contributed by atoms with van der Waals surface area (Å²) >= 11 is 0. The van der Waals surface area contributed by atoms with Crippen molar-refractivity contribution in [3.05, 3.63) is 0 Å². The monoisotopic (exact) mass is 232 g/mol. The standard InChI is InChI=1S/C12H24O4/c1-3-4-5-6-10-15-12(13)16-11-8-7-9-14-2/h3-11H2,1-2H3. The molecule has 0 saturated carbocycles. The fourth-order valence-electron chi connectivity index (χ4n) is 1.23. The molecule has 0 amide bonds. The topological polar surface area (TPSA) is 44.8 Å². The minimum Gasteiger partial charge on any atom is -0.434 e. The van der Waals surface area contributed by atoms with Crippen molar-refractivity contribution in [1.29, 1.82) is 0 Å². The highest BCUT2D eigenvalue weighted by Crippen LogP contribution is 2.00. The Labute approximate surface area is 98.3 Å². The Balaban J connectivity index is 3.12. The van der Waals surface area contributed by atoms with Gasteiger partial charge in [0.05, 0.1) is 13.2 Å². The van der Waals surface area contributed by atoms with E-state index in [4.69, 9.17) is 14.2 Å². The van der Waals surface area contributed by atoms with Crippen LogP contribution < -0.4 is 0 Å². The molecule has 0 radical (unpaired) electrons. The fraction of sp³-hybridized carbons (Fsp3) is 0.917. The number of methoxy groups -OCH3 is 1. The largest absolute Gasteiger partial charge is 0.508 e. The van der Waals surface area contributed by atoms with E-state index in [1.807, 2.05) is 0 Å². The third-order valence-electron chi connectivity index (χ3n) is 2.18. The molecule has 96 valence electrons. The Morgan fingerprint density at radius 2 is 1.44 bits per heavy atom. The minimum atomic E-state index is -0.547. The molecule has 0 atom stereocenters. The Hall–Kier alpha value is -0.770. The van der Waals surface area contributed by atoms with Gasteiger partial charge >= 0.3 is 6.16 Å². The van der Waals surface area contributed by atoms with Crippen molar-refractivity contribution < 1.29 is 19.0 Å². The molecule has 0 fully saturated rings. The molecule has 0 heterocycles. The summed E-state index contributed by atoms with van der Waals surface area (Å²) in [5.74, 6) is 0. The first kappa shape index (κ1) is 15.2. The van der Waals surface area contributed by atoms with Gasteiger partial charge in [0.15, 0.2) is 0 Å². The number of rotatable bonds is 10. The van der Waals surface area contributed by atoms with Crippen LogP contribution in [-0.2, 0) is 14.2 Å². The summed E-state index contributed by atoms with van der Waals surface area (Å²) in [6.45, 7) is 3.73. The Kier molecular flexibility index (Phi) is 11.7. The van der Waals surface area contributed by atoms with Gasteiger partial charge in [0, 0.05) is 13.7 Å². The van der Waals surface area contributed by atoms with E-state index >= 15 is 0 Å². The molecule has 0 aliphatic rings. The highest BCUT2D eigenvalue weighted by atomic mass is 16.7. The van der Waals surface area contributed by atoms with Gasteiger partial charge in [0.1, 0.15) is 0 Å². The smallest absolute Gasteiger partial charge is 0.434 e. The molecule has 0 aromatic heterocycles. The highest BCUT2D eigenvalue weighted by Gasteiger charge is 2.02. The van der Waals surface area contributed by atoms with Crippen molar-refractivity contribution >= 4 is 6.16 Å². The molecular weight excluding hydrogens is 208 g/mol. The van der Waals surface area contributed by atoms with E-state index in [2.05, 4.69) is 6.92 Å². The summed E-state index contributed by atoms with van der Waals surface area (Å²) in [6.07, 6.45) is 5.58. The maximum Gasteiger partial charge on any atom is 0.508 e. The van der Waals surface area contributed by atoms with Crippen LogP contribution >= 0.6 is 0 Å². The van der Waals surface area contributed by atoms with E-state index in [0.29, 0.717) is 19.8 Å². The minimum absolute atomic E-state index is 0.414. The lowest BCUT2D eigenvalue weighted by atomic mass is 10.2. The number of hydrogen-bond acceptors (Lipinski definition) is 4. The second-order valence-electron chi connectivity index (χ2n) is 3.71. The zero-order valence-corrected chi connectivity index (χ0v) is 10.5. The number of ether oxygens (including phenoxy) is 3. The molecule has 4 nitrogen and oxygen atoms in total. The summed E-state index contributed by atoms with van der Waals surface area (Å²) in [6, 6.07) is 0. The lowest BCUT2D eigenvalue weighted by molar-refractivity contribution is 0.0514. The van der Waals surface area contributed by atoms with Gasteiger partial charge in [-0.25, -0.2) is 4.79 Å². The Morgan fingerprint density at radius 3 is 2.00 bits per heavy atom. The second kappa shape index (κ2) is 12.3. The predicted molar refractivity (Wildman–Crippen MR) is 62.6 cm³/mol. The van der Waals surface area contributed by atoms with Gasteiger partial charge in [0.2, 0.25) is 0 Å². The molecule has 0 spiro atoms. The summed E-state index contributed by atoms with van der Waals surface area (Å²) in [5.41, 5.74) is 0. The van der Waals surface area contributed by atoms with Gasteiger partial charge in [-0.3, -0.25) is 0 Å². The lowest BCUT2D eigenvalue weighted by Gasteiger charge is -2.05. The number of carbonyl (C=O) groups is 1. The molecule has 0 aliphatic carbocycles. The van der Waals surface area contributed by atoms with Crippen molar-refractivity contribution in [3.8, 4) is 0 Å². The van der Waals surface area contributed by atoms with Crippen LogP contribution in [-0.4, -0.2) is 33.1 Å². The van der Waals surface area contributed by atoms with E-state index in [1.54, 1.807) is 7.11 Å². The molecule has 0 aromatic rings. The number of carbonyl (C=O) groups excluding carboxylic acids is 1. The maximum absolute atomic E-state index is 11.0. The molecule has 0 saturated heterocycles. The van der Waals surface area contributed by atoms with E-state index in [-0.39, 0.29) is 0 Å². The predicted octanol–water partition coefficient (Wildman–Crippen LogP) is 3.15. The summed E-state index contributed by atoms with van der Waals surface area (Å²) in [4.78, 5) is 11.0. The first-order valence-corrected chi connectivity index (χ1v) is 6.09. The third-order valence-corrected chi connectivity index (χ3v) is 2.18. The fourth-order valence-corrected chi connectivity index (χ4v) is 1.23. The molecule has 0 aliphatic heterocycles. The van der Waals surface area contributed by atoms with Crippen LogP contribution in [0, 0.1) is 0 Å². The maximum atomic E-state index is 11.0. The normalized spacial score (nSPS) is 10.1. The van der Waals surface area contributed by atoms with Crippen LogP contribution in [0.4, 0.5) is 4.79 Å². The average molecular weight is 232 g/mol. The first-order valence-electron chi connectivity index (χ1n) is 6.09. The molecule has 16 heavy (non-hydrogen) atoms. The van der Waals surface area contributed by atoms with Crippen molar-refractivity contribution in [2.45, 2.75) is 45.4 Å². The van der Waals surface area contributed by atoms with E-state index in [1.165, 1.54) is 12.8 Å². The first-order chi connectivity index (χ1) is 7.81. The van der Waals surface area contributed by atoms with Crippen LogP contribution in [0.15, 0.2) is 0 Å². The molecule has 4 heteroatoms. The molecule has 0 rings (SSSR count). The molecule has 0 unspecified atom stereocenters. The summed E-state index contributed by atoms with van der Waals surface area (Å²) in [7, 11) is 1.66. The van der Waals surface area contributed by atoms with Crippen LogP contribution in [0.25, 0.3) is 0 Å². The van der Waals surface area contributed by atoms with Crippen molar-refractivity contribution in [2.75, 3.05) is 26.9 Å². The van der Waals surface area contributed by atoms with Crippen LogP contribution in [0.3, 0.4) is 0 Å². The summed E-state index contributed by atoms with van der Waals surface area (Å²) < 4.78 is 14.7. The highest BCUT2D eigenvalue weighted by molar-refractivity contribution is 5.59. The zero-order chi connectivity index (χ0) is 12.1. The third kappa shape index (κ3) is 11.3. The Morgan fingerprint density at radius 1 is 0.875 bits per heavy atom. The van der Waals surface area contributed by atoms with Gasteiger partial charge in [-0.05, 0) is 19.3 Å². The van der Waals surface area contributed by atoms with Gasteiger partial charge in [-0.1, -0.05) is 26.2 Å². The summed E-state index contributed by atoms with van der Waals surface area (Å²) in [5, 5.41) is 0. The van der Waals surface area contributed by atoms with E-state index in [0.717, 1.165) is 25.7 Å². The van der Waals surface area contributed by atoms with Crippen molar-refractivity contribution in [2.24, 2.45) is 0 Å². The van der Waals surface area contributed by atoms with Crippen LogP contribution in [0.1, 0.15) is 45.4 Å². The second-order valence-corrected chi connectivity index (χ2v) is 3.71. The molecule has 0 bridgehead atoms. The zero-order valence-electron chi connectivity index (χ0n) is 10.5. The van der Waals surface area contributed by atoms with E-state index in [9.17, 15) is 4.79 Å². The molecule has 0 N–H and O–H groups in total. The number of unbranched alkanes of at least 4 members (excludes halogenated alkanes) is 4. The van der Waals surface area contributed by atoms with Gasteiger partial charge in [0.25, 0.3) is 0 Å². The quantitative estimate of drug-likeness (QED) is 0.429. The Bertz CT molecular complexity index is 143. The lowest BCUT2D eigenvalue weighted by Crippen LogP contribution is -2.09. The SMILES string of the molecule is CCCCCCOC(=O)OCCCCOC. The molecule has 0 aromatic carbocycles. The number of hydrogen-bond donors (Lipinski definition) is 0.